The van der Waals surface area contributed by atoms with E-state index >= 15 is 0 Å². The second kappa shape index (κ2) is 10.4. The Hall–Kier alpha value is -2.42. The van der Waals surface area contributed by atoms with E-state index in [2.05, 4.69) is 48.3 Å². The smallest absolute Gasteiger partial charge is 0.331 e. The number of pyridine rings is 1. The molecule has 3 rings (SSSR count). The van der Waals surface area contributed by atoms with Crippen molar-refractivity contribution in [2.75, 3.05) is 0 Å². The van der Waals surface area contributed by atoms with Crippen LogP contribution in [-0.4, -0.2) is 16.1 Å². The maximum Gasteiger partial charge on any atom is 0.331 e. The van der Waals surface area contributed by atoms with Gasteiger partial charge in [0.15, 0.2) is 0 Å². The van der Waals surface area contributed by atoms with Gasteiger partial charge in [-0.3, -0.25) is 4.98 Å². The Morgan fingerprint density at radius 3 is 2.34 bits per heavy atom. The topological polar surface area (TPSA) is 50.2 Å². The van der Waals surface area contributed by atoms with Crippen molar-refractivity contribution < 1.29 is 9.90 Å². The molecule has 2 aromatic rings. The molecular weight excluding hydrogens is 358 g/mol. The summed E-state index contributed by atoms with van der Waals surface area (Å²) in [5.74, 6) is -0.0293. The lowest BCUT2D eigenvalue weighted by Crippen LogP contribution is -2.19. The number of nitrogens with zero attached hydrogens (tertiary/aromatic N) is 1. The van der Waals surface area contributed by atoms with Crippen LogP contribution in [0.2, 0.25) is 0 Å². The van der Waals surface area contributed by atoms with Gasteiger partial charge in [0, 0.05) is 17.3 Å². The normalized spacial score (nSPS) is 19.9. The first-order valence-corrected chi connectivity index (χ1v) is 11.1. The molecule has 0 amide bonds. The van der Waals surface area contributed by atoms with E-state index in [0.717, 1.165) is 43.4 Å². The minimum absolute atomic E-state index is 0.202. The number of aliphatic carboxylic acids is 1. The lowest BCUT2D eigenvalue weighted by Gasteiger charge is -2.29. The zero-order chi connectivity index (χ0) is 20.6. The molecule has 0 atom stereocenters. The summed E-state index contributed by atoms with van der Waals surface area (Å²) in [5.41, 5.74) is 5.45. The molecule has 1 N–H and O–H groups in total. The number of carbonyl (C=O) groups is 1. The Labute approximate surface area is 174 Å². The third-order valence-corrected chi connectivity index (χ3v) is 6.30. The number of aromatic nitrogens is 1. The molecule has 1 aliphatic rings. The fourth-order valence-electron chi connectivity index (χ4n) is 4.52. The monoisotopic (exact) mass is 391 g/mol. The van der Waals surface area contributed by atoms with Crippen LogP contribution < -0.4 is 0 Å². The summed E-state index contributed by atoms with van der Waals surface area (Å²) in [6, 6.07) is 13.1. The van der Waals surface area contributed by atoms with Gasteiger partial charge < -0.3 is 5.11 Å². The first-order chi connectivity index (χ1) is 14.1. The fourth-order valence-corrected chi connectivity index (χ4v) is 4.52. The molecule has 0 spiro atoms. The molecule has 3 heteroatoms. The average molecular weight is 392 g/mol. The molecule has 0 saturated heterocycles. The number of benzene rings is 1. The van der Waals surface area contributed by atoms with Crippen LogP contribution in [0.3, 0.4) is 0 Å². The second-order valence-electron chi connectivity index (χ2n) is 8.23. The van der Waals surface area contributed by atoms with Crippen LogP contribution in [0.5, 0.6) is 0 Å². The first-order valence-electron chi connectivity index (χ1n) is 11.1. The van der Waals surface area contributed by atoms with Gasteiger partial charge in [-0.15, -0.1) is 0 Å². The number of carboxylic acids is 1. The van der Waals surface area contributed by atoms with Gasteiger partial charge in [-0.25, -0.2) is 4.79 Å². The molecule has 1 aliphatic carbocycles. The van der Waals surface area contributed by atoms with Crippen molar-refractivity contribution in [2.24, 2.45) is 5.92 Å². The molecule has 1 heterocycles. The van der Waals surface area contributed by atoms with Crippen LogP contribution in [0.25, 0.3) is 11.3 Å². The van der Waals surface area contributed by atoms with Crippen molar-refractivity contribution in [3.05, 3.63) is 65.4 Å². The zero-order valence-electron chi connectivity index (χ0n) is 17.7. The maximum atomic E-state index is 11.4. The second-order valence-corrected chi connectivity index (χ2v) is 8.23. The Morgan fingerprint density at radius 1 is 1.07 bits per heavy atom. The largest absolute Gasteiger partial charge is 0.478 e. The van der Waals surface area contributed by atoms with Gasteiger partial charge in [0.05, 0.1) is 5.69 Å². The van der Waals surface area contributed by atoms with E-state index in [1.165, 1.54) is 30.4 Å². The Balaban J connectivity index is 1.59. The lowest BCUT2D eigenvalue weighted by atomic mass is 9.76. The minimum Gasteiger partial charge on any atom is -0.478 e. The van der Waals surface area contributed by atoms with Gasteiger partial charge in [0.25, 0.3) is 0 Å². The van der Waals surface area contributed by atoms with Gasteiger partial charge in [-0.05, 0) is 74.5 Å². The number of carboxylic acid groups (broad SMARTS) is 1. The number of hydrogen-bond donors (Lipinski definition) is 1. The Bertz CT molecular complexity index is 813. The van der Waals surface area contributed by atoms with Crippen LogP contribution in [0, 0.1) is 5.92 Å². The van der Waals surface area contributed by atoms with E-state index in [4.69, 9.17) is 0 Å². The molecule has 1 aromatic heterocycles. The van der Waals surface area contributed by atoms with E-state index in [9.17, 15) is 9.90 Å². The van der Waals surface area contributed by atoms with E-state index in [-0.39, 0.29) is 5.92 Å². The number of allylic oxidation sites excluding steroid dienone is 1. The summed E-state index contributed by atoms with van der Waals surface area (Å²) in [4.78, 5) is 16.0. The van der Waals surface area contributed by atoms with Gasteiger partial charge in [-0.1, -0.05) is 56.2 Å². The minimum atomic E-state index is -0.760. The van der Waals surface area contributed by atoms with Gasteiger partial charge in [0.2, 0.25) is 0 Å². The summed E-state index contributed by atoms with van der Waals surface area (Å²) in [6.45, 7) is 4.06. The van der Waals surface area contributed by atoms with E-state index in [1.807, 2.05) is 13.1 Å². The Morgan fingerprint density at radius 2 is 1.79 bits per heavy atom. The summed E-state index contributed by atoms with van der Waals surface area (Å²) in [6.07, 6.45) is 12.7. The molecule has 154 valence electrons. The third-order valence-electron chi connectivity index (χ3n) is 6.30. The SMILES string of the molecule is CC=C(C(=O)O)C1CCC(c2ccc(-c3ccc(CCCCC)cn3)cc2)CC1. The van der Waals surface area contributed by atoms with Crippen molar-refractivity contribution in [3.8, 4) is 11.3 Å². The predicted octanol–water partition coefficient (Wildman–Crippen LogP) is 6.79. The van der Waals surface area contributed by atoms with Crippen molar-refractivity contribution in [1.29, 1.82) is 0 Å². The molecule has 0 bridgehead atoms. The lowest BCUT2D eigenvalue weighted by molar-refractivity contribution is -0.133. The predicted molar refractivity (Wildman–Crippen MR) is 119 cm³/mol. The number of hydrogen-bond acceptors (Lipinski definition) is 2. The van der Waals surface area contributed by atoms with E-state index < -0.39 is 5.97 Å². The van der Waals surface area contributed by atoms with Crippen molar-refractivity contribution in [2.45, 2.75) is 71.1 Å². The van der Waals surface area contributed by atoms with Crippen molar-refractivity contribution in [3.63, 3.8) is 0 Å². The van der Waals surface area contributed by atoms with E-state index in [0.29, 0.717) is 11.5 Å². The standard InChI is InChI=1S/C26H33NO2/c1-3-5-6-7-19-8-17-25(27-18-19)23-15-11-21(12-16-23)20-9-13-22(14-10-20)24(4-2)26(28)29/h4,8,11-12,15-18,20,22H,3,5-7,9-10,13-14H2,1-2H3,(H,28,29). The van der Waals surface area contributed by atoms with Crippen LogP contribution >= 0.6 is 0 Å². The Kier molecular flexibility index (Phi) is 7.62. The van der Waals surface area contributed by atoms with E-state index in [1.54, 1.807) is 6.08 Å². The number of aryl methyl sites for hydroxylation is 1. The van der Waals surface area contributed by atoms with Crippen LogP contribution in [0.4, 0.5) is 0 Å². The van der Waals surface area contributed by atoms with Crippen molar-refractivity contribution >= 4 is 5.97 Å². The van der Waals surface area contributed by atoms with Crippen LogP contribution in [0.15, 0.2) is 54.2 Å². The zero-order valence-corrected chi connectivity index (χ0v) is 17.7. The first kappa shape index (κ1) is 21.3. The third kappa shape index (κ3) is 5.56. The summed E-state index contributed by atoms with van der Waals surface area (Å²) < 4.78 is 0. The molecular formula is C26H33NO2. The quantitative estimate of drug-likeness (QED) is 0.398. The van der Waals surface area contributed by atoms with Gasteiger partial charge in [-0.2, -0.15) is 0 Å². The molecule has 1 aromatic carbocycles. The molecule has 0 unspecified atom stereocenters. The molecule has 0 aliphatic heterocycles. The van der Waals surface area contributed by atoms with Gasteiger partial charge >= 0.3 is 5.97 Å². The van der Waals surface area contributed by atoms with Crippen LogP contribution in [-0.2, 0) is 11.2 Å². The maximum absolute atomic E-state index is 11.4. The van der Waals surface area contributed by atoms with Crippen molar-refractivity contribution in [1.82, 2.24) is 4.98 Å². The summed E-state index contributed by atoms with van der Waals surface area (Å²) in [5, 5.41) is 9.34. The summed E-state index contributed by atoms with van der Waals surface area (Å²) >= 11 is 0. The number of unbranched alkanes of at least 4 members (excludes halogenated alkanes) is 2. The molecule has 29 heavy (non-hydrogen) atoms. The highest BCUT2D eigenvalue weighted by Gasteiger charge is 2.27. The number of rotatable bonds is 8. The molecule has 0 radical (unpaired) electrons. The highest BCUT2D eigenvalue weighted by molar-refractivity contribution is 5.87. The van der Waals surface area contributed by atoms with Crippen LogP contribution in [0.1, 0.15) is 75.8 Å². The molecule has 1 saturated carbocycles. The average Bonchev–Trinajstić information content (AvgIpc) is 2.75. The fraction of sp³-hybridized carbons (Fsp3) is 0.462. The molecule has 3 nitrogen and oxygen atoms in total. The molecule has 1 fully saturated rings. The highest BCUT2D eigenvalue weighted by atomic mass is 16.4. The highest BCUT2D eigenvalue weighted by Crippen LogP contribution is 2.39. The summed E-state index contributed by atoms with van der Waals surface area (Å²) in [7, 11) is 0. The van der Waals surface area contributed by atoms with Gasteiger partial charge in [0.1, 0.15) is 0 Å².